The molecule has 2 nitrogen and oxygen atoms in total. The predicted octanol–water partition coefficient (Wildman–Crippen LogP) is 4.21. The molecule has 3 rings (SSSR count). The monoisotopic (exact) mass is 260 g/mol. The summed E-state index contributed by atoms with van der Waals surface area (Å²) in [4.78, 5) is 3.03. The van der Waals surface area contributed by atoms with Gasteiger partial charge in [0, 0.05) is 21.8 Å². The standard InChI is InChI=1S/C14H7F3N2/c15-14(16,17)9-2-4-13-11(6-9)10-5-8(7-18)1-3-12(10)19-13/h1-6,19H. The molecule has 2 aromatic carbocycles. The van der Waals surface area contributed by atoms with Gasteiger partial charge in [0.1, 0.15) is 0 Å². The van der Waals surface area contributed by atoms with Crippen molar-refractivity contribution in [3.8, 4) is 6.07 Å². The van der Waals surface area contributed by atoms with Gasteiger partial charge in [0.05, 0.1) is 17.2 Å². The van der Waals surface area contributed by atoms with Crippen LogP contribution in [0.2, 0.25) is 0 Å². The topological polar surface area (TPSA) is 39.6 Å². The SMILES string of the molecule is N#Cc1ccc2[nH]c3ccc(C(F)(F)F)cc3c2c1. The number of benzene rings is 2. The van der Waals surface area contributed by atoms with Crippen molar-refractivity contribution in [3.05, 3.63) is 47.5 Å². The van der Waals surface area contributed by atoms with Crippen LogP contribution in [0.5, 0.6) is 0 Å². The number of halogens is 3. The molecule has 19 heavy (non-hydrogen) atoms. The Morgan fingerprint density at radius 3 is 2.21 bits per heavy atom. The van der Waals surface area contributed by atoms with Crippen LogP contribution in [-0.2, 0) is 6.18 Å². The summed E-state index contributed by atoms with van der Waals surface area (Å²) in [5.74, 6) is 0. The van der Waals surface area contributed by atoms with Gasteiger partial charge in [-0.15, -0.1) is 0 Å². The Morgan fingerprint density at radius 2 is 1.58 bits per heavy atom. The van der Waals surface area contributed by atoms with E-state index in [1.54, 1.807) is 18.2 Å². The van der Waals surface area contributed by atoms with Crippen LogP contribution in [-0.4, -0.2) is 4.98 Å². The molecule has 0 radical (unpaired) electrons. The summed E-state index contributed by atoms with van der Waals surface area (Å²) in [5, 5.41) is 9.95. The van der Waals surface area contributed by atoms with E-state index in [0.717, 1.165) is 12.1 Å². The lowest BCUT2D eigenvalue weighted by molar-refractivity contribution is -0.137. The van der Waals surface area contributed by atoms with Crippen LogP contribution in [0.15, 0.2) is 36.4 Å². The van der Waals surface area contributed by atoms with Crippen molar-refractivity contribution in [1.82, 2.24) is 4.98 Å². The van der Waals surface area contributed by atoms with E-state index in [1.807, 2.05) is 6.07 Å². The fraction of sp³-hybridized carbons (Fsp3) is 0.0714. The second kappa shape index (κ2) is 3.75. The van der Waals surface area contributed by atoms with Crippen LogP contribution >= 0.6 is 0 Å². The molecular formula is C14H7F3N2. The maximum Gasteiger partial charge on any atom is 0.416 e. The van der Waals surface area contributed by atoms with Crippen LogP contribution in [0, 0.1) is 11.3 Å². The molecule has 1 heterocycles. The van der Waals surface area contributed by atoms with Gasteiger partial charge in [-0.05, 0) is 36.4 Å². The molecule has 0 spiro atoms. The zero-order valence-corrected chi connectivity index (χ0v) is 9.55. The quantitative estimate of drug-likeness (QED) is 0.646. The molecule has 0 bridgehead atoms. The summed E-state index contributed by atoms with van der Waals surface area (Å²) in [6.45, 7) is 0. The van der Waals surface area contributed by atoms with Gasteiger partial charge in [-0.2, -0.15) is 18.4 Å². The Hall–Kier alpha value is -2.48. The van der Waals surface area contributed by atoms with Crippen molar-refractivity contribution in [1.29, 1.82) is 5.26 Å². The first kappa shape index (κ1) is 11.6. The summed E-state index contributed by atoms with van der Waals surface area (Å²) in [6, 6.07) is 10.5. The molecule has 0 aliphatic heterocycles. The van der Waals surface area contributed by atoms with E-state index in [1.165, 1.54) is 6.07 Å². The van der Waals surface area contributed by atoms with Crippen LogP contribution in [0.25, 0.3) is 21.8 Å². The summed E-state index contributed by atoms with van der Waals surface area (Å²) in [7, 11) is 0. The number of rotatable bonds is 0. The van der Waals surface area contributed by atoms with E-state index >= 15 is 0 Å². The van der Waals surface area contributed by atoms with Crippen molar-refractivity contribution in [2.24, 2.45) is 0 Å². The molecule has 3 aromatic rings. The van der Waals surface area contributed by atoms with Gasteiger partial charge in [-0.1, -0.05) is 0 Å². The number of hydrogen-bond acceptors (Lipinski definition) is 1. The van der Waals surface area contributed by atoms with E-state index in [-0.39, 0.29) is 0 Å². The molecule has 0 fully saturated rings. The van der Waals surface area contributed by atoms with Crippen molar-refractivity contribution < 1.29 is 13.2 Å². The van der Waals surface area contributed by atoms with Crippen LogP contribution in [0.1, 0.15) is 11.1 Å². The third kappa shape index (κ3) is 1.82. The first-order chi connectivity index (χ1) is 8.99. The van der Waals surface area contributed by atoms with Crippen molar-refractivity contribution in [2.75, 3.05) is 0 Å². The van der Waals surface area contributed by atoms with Gasteiger partial charge in [0.15, 0.2) is 0 Å². The highest BCUT2D eigenvalue weighted by Crippen LogP contribution is 2.34. The number of nitrogens with one attached hydrogen (secondary N) is 1. The third-order valence-corrected chi connectivity index (χ3v) is 3.06. The number of aromatic amines is 1. The Morgan fingerprint density at radius 1 is 0.947 bits per heavy atom. The molecule has 0 aliphatic carbocycles. The molecular weight excluding hydrogens is 253 g/mol. The average Bonchev–Trinajstić information content (AvgIpc) is 2.74. The Balaban J connectivity index is 2.37. The van der Waals surface area contributed by atoms with Crippen LogP contribution < -0.4 is 0 Å². The maximum atomic E-state index is 12.7. The molecule has 1 N–H and O–H groups in total. The number of nitriles is 1. The van der Waals surface area contributed by atoms with E-state index < -0.39 is 11.7 Å². The zero-order chi connectivity index (χ0) is 13.6. The van der Waals surface area contributed by atoms with Gasteiger partial charge < -0.3 is 4.98 Å². The fourth-order valence-electron chi connectivity index (χ4n) is 2.14. The van der Waals surface area contributed by atoms with Crippen LogP contribution in [0.3, 0.4) is 0 Å². The molecule has 0 saturated heterocycles. The number of nitrogens with zero attached hydrogens (tertiary/aromatic N) is 1. The molecule has 1 aromatic heterocycles. The van der Waals surface area contributed by atoms with Gasteiger partial charge in [0.25, 0.3) is 0 Å². The highest BCUT2D eigenvalue weighted by Gasteiger charge is 2.30. The van der Waals surface area contributed by atoms with Crippen LogP contribution in [0.4, 0.5) is 13.2 Å². The van der Waals surface area contributed by atoms with E-state index in [0.29, 0.717) is 27.4 Å². The minimum Gasteiger partial charge on any atom is -0.355 e. The number of aromatic nitrogens is 1. The van der Waals surface area contributed by atoms with Crippen molar-refractivity contribution in [3.63, 3.8) is 0 Å². The number of alkyl halides is 3. The Labute approximate surface area is 106 Å². The molecule has 0 atom stereocenters. The molecule has 0 unspecified atom stereocenters. The van der Waals surface area contributed by atoms with Gasteiger partial charge in [0.2, 0.25) is 0 Å². The summed E-state index contributed by atoms with van der Waals surface area (Å²) < 4.78 is 38.1. The zero-order valence-electron chi connectivity index (χ0n) is 9.55. The van der Waals surface area contributed by atoms with E-state index in [4.69, 9.17) is 5.26 Å². The summed E-state index contributed by atoms with van der Waals surface area (Å²) in [6.07, 6.45) is -4.37. The number of fused-ring (bicyclic) bond motifs is 3. The first-order valence-electron chi connectivity index (χ1n) is 5.52. The number of H-pyrrole nitrogens is 1. The molecule has 94 valence electrons. The lowest BCUT2D eigenvalue weighted by atomic mass is 10.1. The minimum atomic E-state index is -4.37. The molecule has 0 aliphatic rings. The first-order valence-corrected chi connectivity index (χ1v) is 5.52. The second-order valence-electron chi connectivity index (χ2n) is 4.26. The van der Waals surface area contributed by atoms with E-state index in [9.17, 15) is 13.2 Å². The lowest BCUT2D eigenvalue weighted by Gasteiger charge is -2.05. The van der Waals surface area contributed by atoms with E-state index in [2.05, 4.69) is 4.98 Å². The van der Waals surface area contributed by atoms with Gasteiger partial charge >= 0.3 is 6.18 Å². The summed E-state index contributed by atoms with van der Waals surface area (Å²) >= 11 is 0. The predicted molar refractivity (Wildman–Crippen MR) is 65.5 cm³/mol. The smallest absolute Gasteiger partial charge is 0.355 e. The molecule has 0 amide bonds. The normalized spacial score (nSPS) is 11.9. The highest BCUT2D eigenvalue weighted by molar-refractivity contribution is 6.07. The highest BCUT2D eigenvalue weighted by atomic mass is 19.4. The lowest BCUT2D eigenvalue weighted by Crippen LogP contribution is -2.03. The molecule has 5 heteroatoms. The maximum absolute atomic E-state index is 12.7. The third-order valence-electron chi connectivity index (χ3n) is 3.06. The largest absolute Gasteiger partial charge is 0.416 e. The Bertz CT molecular complexity index is 822. The summed E-state index contributed by atoms with van der Waals surface area (Å²) in [5.41, 5.74) is 1.07. The second-order valence-corrected chi connectivity index (χ2v) is 4.26. The minimum absolute atomic E-state index is 0.422. The van der Waals surface area contributed by atoms with Crippen molar-refractivity contribution >= 4 is 21.8 Å². The van der Waals surface area contributed by atoms with Gasteiger partial charge in [-0.25, -0.2) is 0 Å². The fourth-order valence-corrected chi connectivity index (χ4v) is 2.14. The van der Waals surface area contributed by atoms with Crippen molar-refractivity contribution in [2.45, 2.75) is 6.18 Å². The molecule has 0 saturated carbocycles. The van der Waals surface area contributed by atoms with Gasteiger partial charge in [-0.3, -0.25) is 0 Å². The average molecular weight is 260 g/mol. The number of hydrogen-bond donors (Lipinski definition) is 1. The Kier molecular flexibility index (Phi) is 2.29.